The molecule has 43 heavy (non-hydrogen) atoms. The van der Waals surface area contributed by atoms with Gasteiger partial charge in [0.2, 0.25) is 5.90 Å². The summed E-state index contributed by atoms with van der Waals surface area (Å²) < 4.78 is 12.3. The molecular formula is C33H42ClN5O4. The third kappa shape index (κ3) is 6.88. The first-order valence-electron chi connectivity index (χ1n) is 15.1. The molecule has 1 atom stereocenters. The van der Waals surface area contributed by atoms with Crippen molar-refractivity contribution in [2.45, 2.75) is 70.4 Å². The molecule has 3 aliphatic heterocycles. The van der Waals surface area contributed by atoms with Gasteiger partial charge in [0.25, 0.3) is 11.8 Å². The molecule has 3 heterocycles. The molecule has 1 saturated heterocycles. The zero-order valence-corrected chi connectivity index (χ0v) is 26.6. The van der Waals surface area contributed by atoms with Gasteiger partial charge in [-0.25, -0.2) is 4.99 Å². The number of likely N-dealkylation sites (tertiary alicyclic amines) is 1. The molecule has 4 aliphatic rings. The van der Waals surface area contributed by atoms with Crippen LogP contribution in [0.3, 0.4) is 0 Å². The molecule has 2 amide bonds. The zero-order chi connectivity index (χ0) is 30.7. The molecule has 230 valence electrons. The highest BCUT2D eigenvalue weighted by atomic mass is 35.5. The van der Waals surface area contributed by atoms with Crippen molar-refractivity contribution in [1.82, 2.24) is 15.1 Å². The van der Waals surface area contributed by atoms with Crippen LogP contribution >= 0.6 is 11.6 Å². The number of ether oxygens (including phenoxy) is 2. The number of aliphatic imine (C=N–C) groups is 2. The van der Waals surface area contributed by atoms with Gasteiger partial charge in [-0.15, -0.1) is 0 Å². The van der Waals surface area contributed by atoms with E-state index in [1.165, 1.54) is 0 Å². The van der Waals surface area contributed by atoms with E-state index in [2.05, 4.69) is 17.3 Å². The maximum atomic E-state index is 13.2. The number of piperidine rings is 1. The molecule has 5 rings (SSSR count). The standard InChI is InChI=1S/C33H42ClN5O4/c1-21-18-26(27(42-5)19-24(21)30(40)35-23-13-16-38(3)17-14-23)36-28-12-8-6-7-11-25(34)31(37-28)43-33(2)15-9-10-22-20-39(4)32(41)29(22)33/h9-11,18-19,23H,6-8,12-17,20H2,1-5H3,(H,35,40). The van der Waals surface area contributed by atoms with E-state index < -0.39 is 5.60 Å². The second-order valence-electron chi connectivity index (χ2n) is 12.1. The number of carbonyl (C=O) groups excluding carboxylic acids is 2. The summed E-state index contributed by atoms with van der Waals surface area (Å²) in [5, 5.41) is 3.59. The maximum absolute atomic E-state index is 13.2. The summed E-state index contributed by atoms with van der Waals surface area (Å²) >= 11 is 6.77. The second kappa shape index (κ2) is 13.1. The lowest BCUT2D eigenvalue weighted by Gasteiger charge is -2.33. The highest BCUT2D eigenvalue weighted by molar-refractivity contribution is 6.42. The van der Waals surface area contributed by atoms with E-state index in [0.29, 0.717) is 52.8 Å². The Morgan fingerprint density at radius 2 is 1.98 bits per heavy atom. The van der Waals surface area contributed by atoms with Crippen LogP contribution in [0.4, 0.5) is 5.69 Å². The number of amides is 2. The topological polar surface area (TPSA) is 95.8 Å². The summed E-state index contributed by atoms with van der Waals surface area (Å²) in [5.74, 6) is 1.14. The number of allylic oxidation sites excluding steroid dienone is 1. The monoisotopic (exact) mass is 607 g/mol. The summed E-state index contributed by atoms with van der Waals surface area (Å²) in [4.78, 5) is 40.0. The predicted octanol–water partition coefficient (Wildman–Crippen LogP) is 5.46. The Hall–Kier alpha value is -3.43. The van der Waals surface area contributed by atoms with Gasteiger partial charge in [0.15, 0.2) is 0 Å². The molecule has 1 aromatic carbocycles. The fourth-order valence-corrected chi connectivity index (χ4v) is 6.31. The van der Waals surface area contributed by atoms with Gasteiger partial charge in [0.1, 0.15) is 22.9 Å². The number of nitrogens with zero attached hydrogens (tertiary/aromatic N) is 4. The van der Waals surface area contributed by atoms with Gasteiger partial charge in [-0.3, -0.25) is 9.59 Å². The minimum Gasteiger partial charge on any atom is -0.494 e. The van der Waals surface area contributed by atoms with Gasteiger partial charge in [0, 0.05) is 38.0 Å². The average Bonchev–Trinajstić information content (AvgIpc) is 3.30. The van der Waals surface area contributed by atoms with Crippen LogP contribution < -0.4 is 10.1 Å². The number of likely N-dealkylation sites (N-methyl/N-ethyl adjacent to an activating group) is 1. The first-order chi connectivity index (χ1) is 20.6. The lowest BCUT2D eigenvalue weighted by atomic mass is 9.85. The Kier molecular flexibility index (Phi) is 9.42. The number of hydrogen-bond acceptors (Lipinski definition) is 6. The number of hydrogen-bond donors (Lipinski definition) is 1. The van der Waals surface area contributed by atoms with Crippen LogP contribution in [-0.4, -0.2) is 85.8 Å². The SMILES string of the molecule is COc1cc(C(=O)NC2CCN(C)CC2)c(C)cc1N=C1CCCCC=C(Cl)C(OC2(C)CC=CC3=C2C(=O)N(C)C3)=N1. The number of carbonyl (C=O) groups is 2. The highest BCUT2D eigenvalue weighted by Gasteiger charge is 2.44. The molecule has 1 unspecified atom stereocenters. The fourth-order valence-electron chi connectivity index (χ4n) is 6.12. The van der Waals surface area contributed by atoms with Gasteiger partial charge in [-0.1, -0.05) is 29.8 Å². The molecule has 1 fully saturated rings. The molecule has 0 spiro atoms. The summed E-state index contributed by atoms with van der Waals surface area (Å²) in [6, 6.07) is 3.78. The molecule has 1 aliphatic carbocycles. The van der Waals surface area contributed by atoms with E-state index in [1.54, 1.807) is 25.1 Å². The minimum absolute atomic E-state index is 0.0420. The fraction of sp³-hybridized carbons (Fsp3) is 0.515. The number of methoxy groups -OCH3 is 1. The molecule has 1 aromatic rings. The van der Waals surface area contributed by atoms with Gasteiger partial charge >= 0.3 is 0 Å². The van der Waals surface area contributed by atoms with E-state index in [4.69, 9.17) is 31.1 Å². The van der Waals surface area contributed by atoms with Crippen molar-refractivity contribution in [1.29, 1.82) is 0 Å². The Bertz CT molecular complexity index is 1440. The lowest BCUT2D eigenvalue weighted by Crippen LogP contribution is -2.43. The van der Waals surface area contributed by atoms with E-state index in [0.717, 1.165) is 56.3 Å². The predicted molar refractivity (Wildman–Crippen MR) is 171 cm³/mol. The summed E-state index contributed by atoms with van der Waals surface area (Å²) in [6.07, 6.45) is 11.5. The van der Waals surface area contributed by atoms with E-state index in [1.807, 2.05) is 38.1 Å². The van der Waals surface area contributed by atoms with Crippen LogP contribution in [0.15, 0.2) is 56.5 Å². The van der Waals surface area contributed by atoms with Crippen LogP contribution in [0, 0.1) is 6.92 Å². The number of amidine groups is 1. The van der Waals surface area contributed by atoms with Crippen molar-refractivity contribution >= 4 is 40.8 Å². The number of nitrogens with one attached hydrogen (secondary N) is 1. The van der Waals surface area contributed by atoms with Crippen LogP contribution in [0.5, 0.6) is 5.75 Å². The summed E-state index contributed by atoms with van der Waals surface area (Å²) in [5.41, 5.74) is 2.65. The minimum atomic E-state index is -0.908. The maximum Gasteiger partial charge on any atom is 0.254 e. The van der Waals surface area contributed by atoms with E-state index >= 15 is 0 Å². The Balaban J connectivity index is 1.45. The summed E-state index contributed by atoms with van der Waals surface area (Å²) in [6.45, 7) is 6.32. The number of halogens is 1. The largest absolute Gasteiger partial charge is 0.494 e. The van der Waals surface area contributed by atoms with Crippen LogP contribution in [0.2, 0.25) is 0 Å². The second-order valence-corrected chi connectivity index (χ2v) is 12.5. The molecule has 9 nitrogen and oxygen atoms in total. The number of aryl methyl sites for hydroxylation is 1. The molecule has 0 bridgehead atoms. The van der Waals surface area contributed by atoms with Crippen LogP contribution in [-0.2, 0) is 9.53 Å². The molecule has 1 N–H and O–H groups in total. The quantitative estimate of drug-likeness (QED) is 0.480. The first-order valence-corrected chi connectivity index (χ1v) is 15.5. The third-order valence-corrected chi connectivity index (χ3v) is 8.97. The van der Waals surface area contributed by atoms with Gasteiger partial charge < -0.3 is 24.6 Å². The molecule has 0 aromatic heterocycles. The smallest absolute Gasteiger partial charge is 0.254 e. The van der Waals surface area contributed by atoms with Crippen molar-refractivity contribution < 1.29 is 19.1 Å². The van der Waals surface area contributed by atoms with E-state index in [9.17, 15) is 9.59 Å². The molecular weight excluding hydrogens is 566 g/mol. The summed E-state index contributed by atoms with van der Waals surface area (Å²) in [7, 11) is 5.47. The first kappa shape index (κ1) is 31.0. The van der Waals surface area contributed by atoms with Crippen molar-refractivity contribution in [3.05, 3.63) is 57.7 Å². The molecule has 0 radical (unpaired) electrons. The zero-order valence-electron chi connectivity index (χ0n) is 25.8. The van der Waals surface area contributed by atoms with Gasteiger partial charge in [-0.05, 0) is 89.4 Å². The van der Waals surface area contributed by atoms with Crippen LogP contribution in [0.1, 0.15) is 67.8 Å². The van der Waals surface area contributed by atoms with Crippen molar-refractivity contribution in [2.75, 3.05) is 40.8 Å². The van der Waals surface area contributed by atoms with Gasteiger partial charge in [0.05, 0.1) is 17.7 Å². The van der Waals surface area contributed by atoms with Crippen LogP contribution in [0.25, 0.3) is 0 Å². The van der Waals surface area contributed by atoms with Crippen molar-refractivity contribution in [3.63, 3.8) is 0 Å². The lowest BCUT2D eigenvalue weighted by molar-refractivity contribution is -0.126. The highest BCUT2D eigenvalue weighted by Crippen LogP contribution is 2.39. The number of benzene rings is 1. The average molecular weight is 608 g/mol. The Labute approximate surface area is 259 Å². The van der Waals surface area contributed by atoms with Crippen molar-refractivity contribution in [3.8, 4) is 5.75 Å². The van der Waals surface area contributed by atoms with Crippen molar-refractivity contribution in [2.24, 2.45) is 9.98 Å². The third-order valence-electron chi connectivity index (χ3n) is 8.65. The normalized spacial score (nSPS) is 24.7. The number of rotatable bonds is 5. The molecule has 0 saturated carbocycles. The molecule has 10 heteroatoms. The van der Waals surface area contributed by atoms with Gasteiger partial charge in [-0.2, -0.15) is 4.99 Å². The Morgan fingerprint density at radius 3 is 2.72 bits per heavy atom. The Morgan fingerprint density at radius 1 is 1.21 bits per heavy atom. The van der Waals surface area contributed by atoms with E-state index in [-0.39, 0.29) is 23.8 Å².